The number of ether oxygens (including phenoxy) is 2. The van der Waals surface area contributed by atoms with E-state index in [0.717, 1.165) is 0 Å². The lowest BCUT2D eigenvalue weighted by Crippen LogP contribution is -2.55. The van der Waals surface area contributed by atoms with E-state index in [2.05, 4.69) is 4.72 Å². The van der Waals surface area contributed by atoms with E-state index in [0.29, 0.717) is 0 Å². The number of hydrogen-bond donors (Lipinski definition) is 2. The molecular formula is C13H19NO5S. The molecule has 0 amide bonds. The Bertz CT molecular complexity index is 533. The van der Waals surface area contributed by atoms with Crippen LogP contribution >= 0.6 is 0 Å². The maximum absolute atomic E-state index is 12.2. The molecule has 0 radical (unpaired) electrons. The van der Waals surface area contributed by atoms with Gasteiger partial charge in [-0.1, -0.05) is 18.2 Å². The average molecular weight is 301 g/mol. The van der Waals surface area contributed by atoms with Crippen LogP contribution in [0.3, 0.4) is 0 Å². The zero-order valence-corrected chi connectivity index (χ0v) is 12.2. The van der Waals surface area contributed by atoms with Crippen LogP contribution in [0.4, 0.5) is 0 Å². The average Bonchev–Trinajstić information content (AvgIpc) is 2.44. The minimum absolute atomic E-state index is 0.167. The molecule has 1 saturated heterocycles. The van der Waals surface area contributed by atoms with Gasteiger partial charge in [0.25, 0.3) is 0 Å². The van der Waals surface area contributed by atoms with E-state index in [4.69, 9.17) is 9.47 Å². The number of nitrogens with one attached hydrogen (secondary N) is 1. The molecule has 1 aromatic carbocycles. The van der Waals surface area contributed by atoms with Gasteiger partial charge in [0, 0.05) is 13.5 Å². The van der Waals surface area contributed by atoms with E-state index in [1.165, 1.54) is 19.2 Å². The maximum Gasteiger partial charge on any atom is 0.240 e. The molecule has 0 unspecified atom stereocenters. The van der Waals surface area contributed by atoms with Crippen molar-refractivity contribution in [3.8, 4) is 0 Å². The number of benzene rings is 1. The van der Waals surface area contributed by atoms with Crippen LogP contribution in [-0.2, 0) is 19.5 Å². The van der Waals surface area contributed by atoms with Crippen molar-refractivity contribution in [1.29, 1.82) is 0 Å². The summed E-state index contributed by atoms with van der Waals surface area (Å²) in [4.78, 5) is 0.167. The summed E-state index contributed by atoms with van der Waals surface area (Å²) in [6.07, 6.45) is -1.69. The summed E-state index contributed by atoms with van der Waals surface area (Å²) in [5.74, 6) is 0. The van der Waals surface area contributed by atoms with Crippen LogP contribution in [0.5, 0.6) is 0 Å². The molecule has 1 aliphatic rings. The minimum Gasteiger partial charge on any atom is -0.389 e. The molecule has 0 aromatic heterocycles. The highest BCUT2D eigenvalue weighted by atomic mass is 32.2. The largest absolute Gasteiger partial charge is 0.389 e. The van der Waals surface area contributed by atoms with Gasteiger partial charge in [-0.25, -0.2) is 13.1 Å². The number of hydrogen-bond acceptors (Lipinski definition) is 5. The third-order valence-corrected chi connectivity index (χ3v) is 4.83. The van der Waals surface area contributed by atoms with E-state index in [1.807, 2.05) is 0 Å². The van der Waals surface area contributed by atoms with Crippen molar-refractivity contribution in [2.45, 2.75) is 42.8 Å². The second-order valence-corrected chi connectivity index (χ2v) is 6.49. The highest BCUT2D eigenvalue weighted by Gasteiger charge is 2.37. The Balaban J connectivity index is 2.15. The zero-order chi connectivity index (χ0) is 14.8. The fourth-order valence-electron chi connectivity index (χ4n) is 2.19. The molecule has 0 aliphatic carbocycles. The molecule has 1 fully saturated rings. The van der Waals surface area contributed by atoms with Crippen LogP contribution in [0.15, 0.2) is 35.2 Å². The van der Waals surface area contributed by atoms with Gasteiger partial charge in [0.2, 0.25) is 10.0 Å². The molecule has 0 saturated carbocycles. The highest BCUT2D eigenvalue weighted by molar-refractivity contribution is 7.89. The molecule has 0 bridgehead atoms. The Morgan fingerprint density at radius 1 is 1.35 bits per heavy atom. The Labute approximate surface area is 118 Å². The number of aliphatic hydroxyl groups is 1. The molecule has 7 heteroatoms. The second-order valence-electron chi connectivity index (χ2n) is 4.77. The van der Waals surface area contributed by atoms with E-state index in [-0.39, 0.29) is 11.3 Å². The lowest BCUT2D eigenvalue weighted by Gasteiger charge is -2.37. The summed E-state index contributed by atoms with van der Waals surface area (Å²) < 4.78 is 37.5. The lowest BCUT2D eigenvalue weighted by molar-refractivity contribution is -0.213. The van der Waals surface area contributed by atoms with Gasteiger partial charge in [0.15, 0.2) is 6.29 Å². The molecule has 0 spiro atoms. The normalized spacial score (nSPS) is 31.1. The van der Waals surface area contributed by atoms with E-state index < -0.39 is 34.6 Å². The van der Waals surface area contributed by atoms with Crippen LogP contribution in [-0.4, -0.2) is 45.2 Å². The standard InChI is InChI=1S/C13H19NO5S/c1-9-13(15)11(8-12(18-2)19-9)14-20(16,17)10-6-4-3-5-7-10/h3-7,9,11-15H,8H2,1-2H3/t9-,11-,12+,13+/m1/s1. The van der Waals surface area contributed by atoms with Crippen LogP contribution in [0.25, 0.3) is 0 Å². The van der Waals surface area contributed by atoms with Gasteiger partial charge in [-0.15, -0.1) is 0 Å². The number of rotatable bonds is 4. The Kier molecular flexibility index (Phi) is 4.77. The van der Waals surface area contributed by atoms with Crippen molar-refractivity contribution in [1.82, 2.24) is 4.72 Å². The molecule has 112 valence electrons. The Morgan fingerprint density at radius 2 is 2.00 bits per heavy atom. The number of methoxy groups -OCH3 is 1. The monoisotopic (exact) mass is 301 g/mol. The minimum atomic E-state index is -3.67. The molecular weight excluding hydrogens is 282 g/mol. The van der Waals surface area contributed by atoms with Crippen molar-refractivity contribution in [3.63, 3.8) is 0 Å². The van der Waals surface area contributed by atoms with Gasteiger partial charge in [0.05, 0.1) is 23.1 Å². The zero-order valence-electron chi connectivity index (χ0n) is 11.4. The van der Waals surface area contributed by atoms with Crippen molar-refractivity contribution in [2.75, 3.05) is 7.11 Å². The summed E-state index contributed by atoms with van der Waals surface area (Å²) in [6, 6.07) is 7.40. The predicted octanol–water partition coefficient (Wildman–Crippen LogP) is 0.476. The molecule has 1 heterocycles. The molecule has 1 aliphatic heterocycles. The molecule has 4 atom stereocenters. The van der Waals surface area contributed by atoms with Crippen molar-refractivity contribution >= 4 is 10.0 Å². The number of aliphatic hydroxyl groups excluding tert-OH is 1. The third kappa shape index (κ3) is 3.36. The van der Waals surface area contributed by atoms with Gasteiger partial charge in [-0.05, 0) is 19.1 Å². The quantitative estimate of drug-likeness (QED) is 0.845. The van der Waals surface area contributed by atoms with Gasteiger partial charge >= 0.3 is 0 Å². The van der Waals surface area contributed by atoms with Crippen LogP contribution in [0, 0.1) is 0 Å². The van der Waals surface area contributed by atoms with Crippen molar-refractivity contribution < 1.29 is 23.0 Å². The summed E-state index contributed by atoms with van der Waals surface area (Å²) in [7, 11) is -2.19. The molecule has 6 nitrogen and oxygen atoms in total. The molecule has 1 aromatic rings. The highest BCUT2D eigenvalue weighted by Crippen LogP contribution is 2.22. The van der Waals surface area contributed by atoms with Crippen LogP contribution in [0.1, 0.15) is 13.3 Å². The Hall–Kier alpha value is -0.990. The fraction of sp³-hybridized carbons (Fsp3) is 0.538. The summed E-state index contributed by atoms with van der Waals surface area (Å²) in [6.45, 7) is 1.68. The predicted molar refractivity (Wildman–Crippen MR) is 72.5 cm³/mol. The van der Waals surface area contributed by atoms with Gasteiger partial charge in [-0.2, -0.15) is 0 Å². The third-order valence-electron chi connectivity index (χ3n) is 3.33. The SMILES string of the molecule is CO[C@@H]1C[C@@H](NS(=O)(=O)c2ccccc2)[C@@H](O)[C@@H](C)O1. The van der Waals surface area contributed by atoms with E-state index in [9.17, 15) is 13.5 Å². The molecule has 2 rings (SSSR count). The first-order valence-corrected chi connectivity index (χ1v) is 7.86. The Morgan fingerprint density at radius 3 is 2.60 bits per heavy atom. The van der Waals surface area contributed by atoms with Crippen molar-refractivity contribution in [3.05, 3.63) is 30.3 Å². The van der Waals surface area contributed by atoms with E-state index >= 15 is 0 Å². The first-order chi connectivity index (χ1) is 9.44. The second kappa shape index (κ2) is 6.19. The van der Waals surface area contributed by atoms with Crippen LogP contribution < -0.4 is 4.72 Å². The molecule has 20 heavy (non-hydrogen) atoms. The molecule has 2 N–H and O–H groups in total. The topological polar surface area (TPSA) is 84.9 Å². The number of sulfonamides is 1. The summed E-state index contributed by atoms with van der Waals surface area (Å²) in [5, 5.41) is 10.1. The maximum atomic E-state index is 12.2. The van der Waals surface area contributed by atoms with Gasteiger partial charge < -0.3 is 14.6 Å². The lowest BCUT2D eigenvalue weighted by atomic mass is 10.0. The summed E-state index contributed by atoms with van der Waals surface area (Å²) >= 11 is 0. The van der Waals surface area contributed by atoms with E-state index in [1.54, 1.807) is 25.1 Å². The van der Waals surface area contributed by atoms with Crippen molar-refractivity contribution in [2.24, 2.45) is 0 Å². The fourth-order valence-corrected chi connectivity index (χ4v) is 3.47. The first-order valence-electron chi connectivity index (χ1n) is 6.38. The first kappa shape index (κ1) is 15.4. The smallest absolute Gasteiger partial charge is 0.240 e. The summed E-state index contributed by atoms with van der Waals surface area (Å²) in [5.41, 5.74) is 0. The van der Waals surface area contributed by atoms with Gasteiger partial charge in [0.1, 0.15) is 0 Å². The van der Waals surface area contributed by atoms with Gasteiger partial charge in [-0.3, -0.25) is 0 Å². The van der Waals surface area contributed by atoms with Crippen LogP contribution in [0.2, 0.25) is 0 Å².